The number of nitrogens with one attached hydrogen (secondary N) is 1. The molecule has 1 unspecified atom stereocenters. The second-order valence-electron chi connectivity index (χ2n) is 6.60. The van der Waals surface area contributed by atoms with Gasteiger partial charge in [-0.1, -0.05) is 12.1 Å². The van der Waals surface area contributed by atoms with Crippen LogP contribution < -0.4 is 14.4 Å². The summed E-state index contributed by atoms with van der Waals surface area (Å²) in [5, 5.41) is 2.85. The fourth-order valence-electron chi connectivity index (χ4n) is 2.80. The topological polar surface area (TPSA) is 75.7 Å². The van der Waals surface area contributed by atoms with Crippen molar-refractivity contribution in [1.82, 2.24) is 5.32 Å². The molecule has 29 heavy (non-hydrogen) atoms. The second-order valence-corrected chi connectivity index (χ2v) is 8.51. The number of hydrogen-bond donors (Lipinski definition) is 1. The highest BCUT2D eigenvalue weighted by molar-refractivity contribution is 7.92. The number of anilines is 1. The smallest absolute Gasteiger partial charge is 0.232 e. The summed E-state index contributed by atoms with van der Waals surface area (Å²) in [5.41, 5.74) is 0.914. The molecule has 0 bridgehead atoms. The molecule has 0 saturated heterocycles. The summed E-state index contributed by atoms with van der Waals surface area (Å²) in [5.74, 6) is -1.73. The molecule has 0 radical (unpaired) electrons. The maximum Gasteiger partial charge on any atom is 0.232 e. The van der Waals surface area contributed by atoms with Gasteiger partial charge in [-0.05, 0) is 43.2 Å². The summed E-state index contributed by atoms with van der Waals surface area (Å²) in [6.07, 6.45) is 1.27. The van der Waals surface area contributed by atoms with Gasteiger partial charge in [0.1, 0.15) is 5.75 Å². The van der Waals surface area contributed by atoms with Crippen LogP contribution in [0.25, 0.3) is 0 Å². The van der Waals surface area contributed by atoms with Crippen LogP contribution in [0.15, 0.2) is 42.5 Å². The summed E-state index contributed by atoms with van der Waals surface area (Å²) in [7, 11) is -2.15. The van der Waals surface area contributed by atoms with E-state index in [9.17, 15) is 22.0 Å². The second kappa shape index (κ2) is 9.69. The number of carbonyl (C=O) groups is 1. The molecule has 158 valence electrons. The lowest BCUT2D eigenvalue weighted by atomic mass is 10.1. The lowest BCUT2D eigenvalue weighted by Crippen LogP contribution is -2.32. The Morgan fingerprint density at radius 2 is 1.79 bits per heavy atom. The highest BCUT2D eigenvalue weighted by Gasteiger charge is 2.19. The van der Waals surface area contributed by atoms with E-state index >= 15 is 0 Å². The van der Waals surface area contributed by atoms with Crippen LogP contribution in [0.4, 0.5) is 14.5 Å². The number of ether oxygens (including phenoxy) is 1. The molecular weight excluding hydrogens is 402 g/mol. The Bertz CT molecular complexity index is 949. The van der Waals surface area contributed by atoms with Crippen LogP contribution in [0.3, 0.4) is 0 Å². The van der Waals surface area contributed by atoms with Crippen molar-refractivity contribution in [2.45, 2.75) is 25.8 Å². The molecule has 0 fully saturated rings. The quantitative estimate of drug-likeness (QED) is 0.667. The van der Waals surface area contributed by atoms with E-state index in [1.54, 1.807) is 19.2 Å². The predicted octanol–water partition coefficient (Wildman–Crippen LogP) is 3.40. The molecule has 0 aromatic heterocycles. The maximum atomic E-state index is 13.5. The van der Waals surface area contributed by atoms with Crippen LogP contribution in [0.1, 0.15) is 31.4 Å². The predicted molar refractivity (Wildman–Crippen MR) is 107 cm³/mol. The summed E-state index contributed by atoms with van der Waals surface area (Å²) in [6.45, 7) is 1.80. The van der Waals surface area contributed by atoms with Crippen molar-refractivity contribution >= 4 is 21.6 Å². The molecule has 6 nitrogen and oxygen atoms in total. The lowest BCUT2D eigenvalue weighted by molar-refractivity contribution is -0.121. The zero-order valence-electron chi connectivity index (χ0n) is 16.5. The SMILES string of the molecule is COc1ccc(C(C)NC(=O)CCCN(c2ccc(F)c(F)c2)S(C)(=O)=O)cc1. The van der Waals surface area contributed by atoms with Crippen LogP contribution in [0.2, 0.25) is 0 Å². The van der Waals surface area contributed by atoms with Gasteiger partial charge in [0.2, 0.25) is 15.9 Å². The Balaban J connectivity index is 1.94. The van der Waals surface area contributed by atoms with Gasteiger partial charge < -0.3 is 10.1 Å². The Labute approximate surface area is 169 Å². The highest BCUT2D eigenvalue weighted by Crippen LogP contribution is 2.21. The van der Waals surface area contributed by atoms with Gasteiger partial charge in [0.05, 0.1) is 25.1 Å². The van der Waals surface area contributed by atoms with E-state index in [0.29, 0.717) is 5.75 Å². The monoisotopic (exact) mass is 426 g/mol. The fraction of sp³-hybridized carbons (Fsp3) is 0.350. The first-order valence-corrected chi connectivity index (χ1v) is 10.8. The van der Waals surface area contributed by atoms with Crippen molar-refractivity contribution in [1.29, 1.82) is 0 Å². The van der Waals surface area contributed by atoms with Crippen molar-refractivity contribution in [3.8, 4) is 5.75 Å². The number of hydrogen-bond acceptors (Lipinski definition) is 4. The summed E-state index contributed by atoms with van der Waals surface area (Å²) < 4.78 is 56.7. The number of amides is 1. The van der Waals surface area contributed by atoms with Gasteiger partial charge in [-0.15, -0.1) is 0 Å². The number of rotatable bonds is 9. The Morgan fingerprint density at radius 1 is 1.14 bits per heavy atom. The molecule has 1 atom stereocenters. The zero-order valence-corrected chi connectivity index (χ0v) is 17.3. The van der Waals surface area contributed by atoms with Crippen LogP contribution in [0, 0.1) is 11.6 Å². The van der Waals surface area contributed by atoms with E-state index in [4.69, 9.17) is 4.74 Å². The normalized spacial score (nSPS) is 12.3. The molecule has 2 rings (SSSR count). The molecule has 1 amide bonds. The van der Waals surface area contributed by atoms with Gasteiger partial charge in [0.15, 0.2) is 11.6 Å². The van der Waals surface area contributed by atoms with Gasteiger partial charge in [0, 0.05) is 19.0 Å². The van der Waals surface area contributed by atoms with E-state index < -0.39 is 21.7 Å². The number of benzene rings is 2. The van der Waals surface area contributed by atoms with Gasteiger partial charge in [-0.2, -0.15) is 0 Å². The minimum absolute atomic E-state index is 0.0124. The average molecular weight is 426 g/mol. The minimum Gasteiger partial charge on any atom is -0.497 e. The first-order valence-electron chi connectivity index (χ1n) is 8.98. The van der Waals surface area contributed by atoms with Crippen LogP contribution >= 0.6 is 0 Å². The van der Waals surface area contributed by atoms with Gasteiger partial charge in [-0.3, -0.25) is 9.10 Å². The van der Waals surface area contributed by atoms with E-state index in [1.807, 2.05) is 19.1 Å². The van der Waals surface area contributed by atoms with Crippen LogP contribution in [0.5, 0.6) is 5.75 Å². The zero-order chi connectivity index (χ0) is 21.6. The standard InChI is InChI=1S/C20H24F2N2O4S/c1-14(15-6-9-17(28-2)10-7-15)23-20(25)5-4-12-24(29(3,26)27)16-8-11-18(21)19(22)13-16/h6-11,13-14H,4-5,12H2,1-3H3,(H,23,25). The highest BCUT2D eigenvalue weighted by atomic mass is 32.2. The molecule has 0 aliphatic heterocycles. The molecule has 0 saturated carbocycles. The minimum atomic E-state index is -3.72. The molecule has 0 aliphatic carbocycles. The summed E-state index contributed by atoms with van der Waals surface area (Å²) >= 11 is 0. The molecule has 0 aliphatic rings. The molecule has 2 aromatic carbocycles. The van der Waals surface area contributed by atoms with Gasteiger partial charge in [0.25, 0.3) is 0 Å². The molecule has 0 heterocycles. The van der Waals surface area contributed by atoms with E-state index in [-0.39, 0.29) is 37.0 Å². The van der Waals surface area contributed by atoms with E-state index in [0.717, 1.165) is 28.3 Å². The third-order valence-corrected chi connectivity index (χ3v) is 5.54. The van der Waals surface area contributed by atoms with E-state index in [1.165, 1.54) is 6.07 Å². The molecule has 1 N–H and O–H groups in total. The Kier molecular flexibility index (Phi) is 7.55. The summed E-state index contributed by atoms with van der Waals surface area (Å²) in [6, 6.07) is 9.93. The Hall–Kier alpha value is -2.68. The number of carbonyl (C=O) groups excluding carboxylic acids is 1. The third-order valence-electron chi connectivity index (χ3n) is 4.35. The van der Waals surface area contributed by atoms with Crippen LogP contribution in [-0.2, 0) is 14.8 Å². The van der Waals surface area contributed by atoms with E-state index in [2.05, 4.69) is 5.32 Å². The summed E-state index contributed by atoms with van der Waals surface area (Å²) in [4.78, 5) is 12.2. The largest absolute Gasteiger partial charge is 0.497 e. The van der Waals surface area contributed by atoms with Crippen molar-refractivity contribution in [3.05, 3.63) is 59.7 Å². The number of halogens is 2. The molecular formula is C20H24F2N2O4S. The fourth-order valence-corrected chi connectivity index (χ4v) is 3.76. The van der Waals surface area contributed by atoms with Gasteiger partial charge >= 0.3 is 0 Å². The third kappa shape index (κ3) is 6.42. The maximum absolute atomic E-state index is 13.5. The first-order chi connectivity index (χ1) is 13.6. The lowest BCUT2D eigenvalue weighted by Gasteiger charge is -2.22. The van der Waals surface area contributed by atoms with Crippen molar-refractivity contribution in [2.75, 3.05) is 24.2 Å². The van der Waals surface area contributed by atoms with Crippen molar-refractivity contribution < 1.29 is 26.7 Å². The number of sulfonamides is 1. The molecule has 2 aromatic rings. The van der Waals surface area contributed by atoms with Crippen molar-refractivity contribution in [3.63, 3.8) is 0 Å². The Morgan fingerprint density at radius 3 is 2.34 bits per heavy atom. The number of methoxy groups -OCH3 is 1. The molecule has 9 heteroatoms. The first kappa shape index (κ1) is 22.6. The van der Waals surface area contributed by atoms with Crippen molar-refractivity contribution in [2.24, 2.45) is 0 Å². The van der Waals surface area contributed by atoms with Gasteiger partial charge in [-0.25, -0.2) is 17.2 Å². The number of nitrogens with zero attached hydrogens (tertiary/aromatic N) is 1. The molecule has 0 spiro atoms. The average Bonchev–Trinajstić information content (AvgIpc) is 2.66. The van der Waals surface area contributed by atoms with Crippen LogP contribution in [-0.4, -0.2) is 34.2 Å².